The molecule has 90 valence electrons. The van der Waals surface area contributed by atoms with Crippen LogP contribution < -0.4 is 0 Å². The van der Waals surface area contributed by atoms with Crippen LogP contribution in [0.5, 0.6) is 5.75 Å². The first kappa shape index (κ1) is 13.0. The zero-order valence-electron chi connectivity index (χ0n) is 10.1. The molecule has 3 heteroatoms. The first-order valence-corrected chi connectivity index (χ1v) is 5.47. The van der Waals surface area contributed by atoms with Crippen molar-refractivity contribution in [2.75, 3.05) is 13.7 Å². The van der Waals surface area contributed by atoms with Crippen molar-refractivity contribution in [2.45, 2.75) is 25.9 Å². The molecule has 0 fully saturated rings. The first-order valence-electron chi connectivity index (χ1n) is 5.47. The van der Waals surface area contributed by atoms with E-state index in [-0.39, 0.29) is 11.7 Å². The largest absolute Gasteiger partial charge is 0.508 e. The fraction of sp³-hybridized carbons (Fsp3) is 0.538. The quantitative estimate of drug-likeness (QED) is 0.804. The highest BCUT2D eigenvalue weighted by molar-refractivity contribution is 5.28. The molecule has 0 bridgehead atoms. The van der Waals surface area contributed by atoms with E-state index in [1.165, 1.54) is 0 Å². The van der Waals surface area contributed by atoms with Crippen molar-refractivity contribution in [3.05, 3.63) is 29.8 Å². The Labute approximate surface area is 96.7 Å². The predicted molar refractivity (Wildman–Crippen MR) is 63.5 cm³/mol. The van der Waals surface area contributed by atoms with E-state index in [0.29, 0.717) is 13.0 Å². The maximum atomic E-state index is 10.4. The van der Waals surface area contributed by atoms with Gasteiger partial charge in [0.05, 0.1) is 12.2 Å². The number of hydrogen-bond acceptors (Lipinski definition) is 3. The van der Waals surface area contributed by atoms with Crippen molar-refractivity contribution in [1.29, 1.82) is 0 Å². The number of hydrogen-bond donors (Lipinski definition) is 2. The minimum atomic E-state index is -0.886. The van der Waals surface area contributed by atoms with Gasteiger partial charge in [-0.1, -0.05) is 26.0 Å². The van der Waals surface area contributed by atoms with Crippen molar-refractivity contribution in [3.8, 4) is 5.75 Å². The lowest BCUT2D eigenvalue weighted by Gasteiger charge is -2.31. The molecule has 0 aromatic heterocycles. The van der Waals surface area contributed by atoms with Crippen LogP contribution in [0.25, 0.3) is 0 Å². The van der Waals surface area contributed by atoms with Crippen LogP contribution in [0.1, 0.15) is 19.4 Å². The van der Waals surface area contributed by atoms with Gasteiger partial charge in [0.1, 0.15) is 5.75 Å². The van der Waals surface area contributed by atoms with Crippen LogP contribution in [0.2, 0.25) is 0 Å². The molecule has 0 aliphatic carbocycles. The molecule has 0 spiro atoms. The first-order chi connectivity index (χ1) is 7.48. The summed E-state index contributed by atoms with van der Waals surface area (Å²) in [5.41, 5.74) is 0.0241. The number of aromatic hydroxyl groups is 1. The van der Waals surface area contributed by atoms with Crippen molar-refractivity contribution >= 4 is 0 Å². The Kier molecular flexibility index (Phi) is 4.33. The summed E-state index contributed by atoms with van der Waals surface area (Å²) in [6.45, 7) is 4.21. The van der Waals surface area contributed by atoms with Gasteiger partial charge in [-0.3, -0.25) is 0 Å². The summed E-state index contributed by atoms with van der Waals surface area (Å²) >= 11 is 0. The van der Waals surface area contributed by atoms with Gasteiger partial charge in [-0.15, -0.1) is 0 Å². The van der Waals surface area contributed by atoms with Crippen LogP contribution >= 0.6 is 0 Å². The standard InChI is InChI=1S/C13H20O3/c1-10(2)13(15,9-16-3)8-11-5-4-6-12(14)7-11/h4-7,10,14-15H,8-9H2,1-3H3. The average molecular weight is 224 g/mol. The van der Waals surface area contributed by atoms with E-state index in [9.17, 15) is 10.2 Å². The minimum absolute atomic E-state index is 0.0924. The van der Waals surface area contributed by atoms with Crippen LogP contribution in [0.4, 0.5) is 0 Å². The monoisotopic (exact) mass is 224 g/mol. The van der Waals surface area contributed by atoms with Gasteiger partial charge < -0.3 is 14.9 Å². The molecule has 2 N–H and O–H groups in total. The molecule has 16 heavy (non-hydrogen) atoms. The van der Waals surface area contributed by atoms with Crippen molar-refractivity contribution in [3.63, 3.8) is 0 Å². The molecule has 1 unspecified atom stereocenters. The Morgan fingerprint density at radius 1 is 1.38 bits per heavy atom. The van der Waals surface area contributed by atoms with E-state index in [2.05, 4.69) is 0 Å². The normalized spacial score (nSPS) is 15.1. The molecule has 0 aliphatic heterocycles. The number of ether oxygens (including phenoxy) is 1. The molecule has 0 heterocycles. The highest BCUT2D eigenvalue weighted by Gasteiger charge is 2.31. The summed E-state index contributed by atoms with van der Waals surface area (Å²) < 4.78 is 5.06. The zero-order chi connectivity index (χ0) is 12.2. The van der Waals surface area contributed by atoms with Crippen LogP contribution in [-0.2, 0) is 11.2 Å². The smallest absolute Gasteiger partial charge is 0.115 e. The van der Waals surface area contributed by atoms with Gasteiger partial charge in [0.15, 0.2) is 0 Å². The number of benzene rings is 1. The summed E-state index contributed by atoms with van der Waals surface area (Å²) in [5.74, 6) is 0.316. The van der Waals surface area contributed by atoms with Gasteiger partial charge in [0, 0.05) is 13.5 Å². The summed E-state index contributed by atoms with van der Waals surface area (Å²) in [5, 5.41) is 19.8. The number of phenols is 1. The lowest BCUT2D eigenvalue weighted by molar-refractivity contribution is -0.0637. The van der Waals surface area contributed by atoms with Crippen LogP contribution in [0.15, 0.2) is 24.3 Å². The lowest BCUT2D eigenvalue weighted by atomic mass is 9.85. The molecule has 0 radical (unpaired) electrons. The van der Waals surface area contributed by atoms with Crippen LogP contribution in [0.3, 0.4) is 0 Å². The van der Waals surface area contributed by atoms with Crippen molar-refractivity contribution in [2.24, 2.45) is 5.92 Å². The van der Waals surface area contributed by atoms with Gasteiger partial charge in [-0.05, 0) is 23.6 Å². The summed E-state index contributed by atoms with van der Waals surface area (Å²) in [6, 6.07) is 6.96. The Morgan fingerprint density at radius 3 is 2.56 bits per heavy atom. The highest BCUT2D eigenvalue weighted by Crippen LogP contribution is 2.24. The van der Waals surface area contributed by atoms with E-state index < -0.39 is 5.60 Å². The summed E-state index contributed by atoms with van der Waals surface area (Å²) in [4.78, 5) is 0. The van der Waals surface area contributed by atoms with Gasteiger partial charge in [0.2, 0.25) is 0 Å². The Hall–Kier alpha value is -1.06. The van der Waals surface area contributed by atoms with Crippen LogP contribution in [-0.4, -0.2) is 29.5 Å². The highest BCUT2D eigenvalue weighted by atomic mass is 16.5. The molecular formula is C13H20O3. The number of phenolic OH excluding ortho intramolecular Hbond substituents is 1. The van der Waals surface area contributed by atoms with E-state index in [0.717, 1.165) is 5.56 Å². The molecular weight excluding hydrogens is 204 g/mol. The van der Waals surface area contributed by atoms with Gasteiger partial charge in [-0.25, -0.2) is 0 Å². The molecule has 1 aromatic carbocycles. The predicted octanol–water partition coefficient (Wildman–Crippen LogP) is 1.97. The summed E-state index contributed by atoms with van der Waals surface area (Å²) in [7, 11) is 1.58. The molecule has 0 saturated heterocycles. The Bertz CT molecular complexity index is 336. The molecule has 1 rings (SSSR count). The molecule has 3 nitrogen and oxygen atoms in total. The van der Waals surface area contributed by atoms with Crippen LogP contribution in [0, 0.1) is 5.92 Å². The third-order valence-corrected chi connectivity index (χ3v) is 2.89. The summed E-state index contributed by atoms with van der Waals surface area (Å²) in [6.07, 6.45) is 0.479. The lowest BCUT2D eigenvalue weighted by Crippen LogP contribution is -2.42. The second-order valence-electron chi connectivity index (χ2n) is 4.54. The second kappa shape index (κ2) is 5.32. The number of aliphatic hydroxyl groups is 1. The Balaban J connectivity index is 2.83. The molecule has 0 amide bonds. The topological polar surface area (TPSA) is 49.7 Å². The maximum absolute atomic E-state index is 10.4. The van der Waals surface area contributed by atoms with E-state index in [1.54, 1.807) is 25.3 Å². The van der Waals surface area contributed by atoms with E-state index >= 15 is 0 Å². The van der Waals surface area contributed by atoms with E-state index in [4.69, 9.17) is 4.74 Å². The SMILES string of the molecule is COCC(O)(Cc1cccc(O)c1)C(C)C. The second-order valence-corrected chi connectivity index (χ2v) is 4.54. The van der Waals surface area contributed by atoms with Gasteiger partial charge >= 0.3 is 0 Å². The van der Waals surface area contributed by atoms with Crippen molar-refractivity contribution < 1.29 is 14.9 Å². The zero-order valence-corrected chi connectivity index (χ0v) is 10.1. The van der Waals surface area contributed by atoms with Gasteiger partial charge in [0.25, 0.3) is 0 Å². The average Bonchev–Trinajstić information content (AvgIpc) is 2.17. The molecule has 0 saturated carbocycles. The maximum Gasteiger partial charge on any atom is 0.115 e. The van der Waals surface area contributed by atoms with E-state index in [1.807, 2.05) is 19.9 Å². The van der Waals surface area contributed by atoms with Crippen molar-refractivity contribution in [1.82, 2.24) is 0 Å². The fourth-order valence-electron chi connectivity index (χ4n) is 1.69. The molecule has 1 atom stereocenters. The Morgan fingerprint density at radius 2 is 2.06 bits per heavy atom. The molecule has 1 aromatic rings. The third kappa shape index (κ3) is 3.22. The van der Waals surface area contributed by atoms with Gasteiger partial charge in [-0.2, -0.15) is 0 Å². The minimum Gasteiger partial charge on any atom is -0.508 e. The molecule has 0 aliphatic rings. The number of rotatable bonds is 5. The third-order valence-electron chi connectivity index (χ3n) is 2.89. The number of methoxy groups -OCH3 is 1. The fourth-order valence-corrected chi connectivity index (χ4v) is 1.69.